The Bertz CT molecular complexity index is 859. The molecule has 182 valence electrons. The minimum Gasteiger partial charge on any atom is -0.393 e. The molecular weight excluding hydrogens is 426 g/mol. The predicted octanol–water partition coefficient (Wildman–Crippen LogP) is 0.671. The van der Waals surface area contributed by atoms with E-state index in [1.54, 1.807) is 26.0 Å². The topological polar surface area (TPSA) is 150 Å². The summed E-state index contributed by atoms with van der Waals surface area (Å²) in [6.45, 7) is 5.70. The molecule has 2 fully saturated rings. The summed E-state index contributed by atoms with van der Waals surface area (Å²) in [5, 5.41) is 34.8. The Kier molecular flexibility index (Phi) is 8.61. The second-order valence-corrected chi connectivity index (χ2v) is 9.12. The van der Waals surface area contributed by atoms with Gasteiger partial charge in [-0.3, -0.25) is 4.79 Å². The first kappa shape index (κ1) is 25.3. The number of hydrogen-bond donors (Lipinski definition) is 5. The quantitative estimate of drug-likeness (QED) is 0.119. The summed E-state index contributed by atoms with van der Waals surface area (Å²) in [5.41, 5.74) is 9.62. The van der Waals surface area contributed by atoms with Crippen molar-refractivity contribution in [2.24, 2.45) is 22.7 Å². The number of benzene rings is 1. The van der Waals surface area contributed by atoms with Gasteiger partial charge in [0.05, 0.1) is 37.1 Å². The number of carbonyl (C=O) groups is 1. The van der Waals surface area contributed by atoms with Crippen molar-refractivity contribution in [3.63, 3.8) is 0 Å². The molecule has 1 amide bonds. The summed E-state index contributed by atoms with van der Waals surface area (Å²) in [6, 6.07) is 9.08. The molecule has 9 nitrogen and oxygen atoms in total. The van der Waals surface area contributed by atoms with Gasteiger partial charge in [0.1, 0.15) is 6.10 Å². The van der Waals surface area contributed by atoms with Crippen molar-refractivity contribution in [2.45, 2.75) is 70.2 Å². The number of hydrogen-bond acceptors (Lipinski definition) is 7. The van der Waals surface area contributed by atoms with E-state index >= 15 is 0 Å². The normalized spacial score (nSPS) is 32.2. The second kappa shape index (κ2) is 11.2. The summed E-state index contributed by atoms with van der Waals surface area (Å²) < 4.78 is 11.5. The molecular formula is C24H35N3O6. The predicted molar refractivity (Wildman–Crippen MR) is 123 cm³/mol. The molecule has 1 aromatic rings. The van der Waals surface area contributed by atoms with Crippen molar-refractivity contribution in [1.82, 2.24) is 5.43 Å². The Hall–Kier alpha value is -2.30. The third-order valence-corrected chi connectivity index (χ3v) is 6.43. The fourth-order valence-corrected chi connectivity index (χ4v) is 4.13. The van der Waals surface area contributed by atoms with Crippen LogP contribution in [0.1, 0.15) is 39.2 Å². The molecule has 0 aromatic heterocycles. The van der Waals surface area contributed by atoms with Crippen LogP contribution in [0.25, 0.3) is 0 Å². The van der Waals surface area contributed by atoms with E-state index in [-0.39, 0.29) is 42.9 Å². The zero-order valence-electron chi connectivity index (χ0n) is 19.3. The maximum absolute atomic E-state index is 12.2. The van der Waals surface area contributed by atoms with Crippen LogP contribution in [0.4, 0.5) is 0 Å². The number of aliphatic hydroxyl groups is 3. The Morgan fingerprint density at radius 2 is 1.94 bits per heavy atom. The largest absolute Gasteiger partial charge is 0.393 e. The number of epoxide rings is 1. The van der Waals surface area contributed by atoms with Crippen LogP contribution in [0.3, 0.4) is 0 Å². The van der Waals surface area contributed by atoms with Crippen LogP contribution in [-0.4, -0.2) is 70.3 Å². The molecule has 3 rings (SSSR count). The summed E-state index contributed by atoms with van der Waals surface area (Å²) in [4.78, 5) is 12.2. The van der Waals surface area contributed by atoms with E-state index in [1.807, 2.05) is 25.1 Å². The maximum Gasteiger partial charge on any atom is 0.264 e. The molecule has 0 radical (unpaired) electrons. The smallest absolute Gasteiger partial charge is 0.264 e. The fraction of sp³-hybridized carbons (Fsp3) is 0.583. The molecule has 0 bridgehead atoms. The van der Waals surface area contributed by atoms with Crippen LogP contribution in [-0.2, 0) is 14.3 Å². The molecule has 0 aliphatic carbocycles. The van der Waals surface area contributed by atoms with E-state index in [0.29, 0.717) is 17.6 Å². The molecule has 1 aromatic carbocycles. The molecule has 8 atom stereocenters. The third kappa shape index (κ3) is 6.84. The molecule has 2 aliphatic heterocycles. The highest BCUT2D eigenvalue weighted by atomic mass is 16.6. The van der Waals surface area contributed by atoms with Crippen LogP contribution in [0.2, 0.25) is 0 Å². The van der Waals surface area contributed by atoms with Gasteiger partial charge in [-0.05, 0) is 26.7 Å². The van der Waals surface area contributed by atoms with Crippen molar-refractivity contribution in [3.05, 3.63) is 47.5 Å². The molecule has 6 N–H and O–H groups in total. The number of amides is 1. The molecule has 0 saturated carbocycles. The Morgan fingerprint density at radius 1 is 1.24 bits per heavy atom. The van der Waals surface area contributed by atoms with E-state index in [1.165, 1.54) is 6.08 Å². The van der Waals surface area contributed by atoms with E-state index in [2.05, 4.69) is 10.5 Å². The summed E-state index contributed by atoms with van der Waals surface area (Å²) in [5.74, 6) is -0.491. The lowest BCUT2D eigenvalue weighted by atomic mass is 9.85. The van der Waals surface area contributed by atoms with Crippen LogP contribution in [0.5, 0.6) is 0 Å². The summed E-state index contributed by atoms with van der Waals surface area (Å²) in [7, 11) is 0. The van der Waals surface area contributed by atoms with Gasteiger partial charge in [0, 0.05) is 23.5 Å². The van der Waals surface area contributed by atoms with Crippen molar-refractivity contribution in [2.75, 3.05) is 6.61 Å². The number of carbonyl (C=O) groups excluding carboxylic acids is 1. The molecule has 0 unspecified atom stereocenters. The first-order valence-electron chi connectivity index (χ1n) is 11.3. The summed E-state index contributed by atoms with van der Waals surface area (Å²) >= 11 is 0. The lowest BCUT2D eigenvalue weighted by Gasteiger charge is -2.38. The average Bonchev–Trinajstić information content (AvgIpc) is 3.56. The van der Waals surface area contributed by atoms with Crippen LogP contribution in [0.15, 0.2) is 47.1 Å². The van der Waals surface area contributed by atoms with E-state index in [4.69, 9.17) is 15.2 Å². The van der Waals surface area contributed by atoms with E-state index in [9.17, 15) is 20.1 Å². The minimum absolute atomic E-state index is 0.0145. The number of aliphatic hydroxyl groups excluding tert-OH is 3. The van der Waals surface area contributed by atoms with Crippen LogP contribution in [0, 0.1) is 11.8 Å². The van der Waals surface area contributed by atoms with Gasteiger partial charge in [-0.15, -0.1) is 0 Å². The van der Waals surface area contributed by atoms with Crippen molar-refractivity contribution in [3.8, 4) is 0 Å². The van der Waals surface area contributed by atoms with Gasteiger partial charge in [0.15, 0.2) is 5.84 Å². The second-order valence-electron chi connectivity index (χ2n) is 9.12. The lowest BCUT2D eigenvalue weighted by molar-refractivity contribution is -0.165. The Balaban J connectivity index is 1.47. The number of hydrazone groups is 1. The molecule has 33 heavy (non-hydrogen) atoms. The monoisotopic (exact) mass is 461 g/mol. The highest BCUT2D eigenvalue weighted by Gasteiger charge is 2.48. The first-order valence-corrected chi connectivity index (χ1v) is 11.3. The van der Waals surface area contributed by atoms with Gasteiger partial charge in [-0.1, -0.05) is 42.8 Å². The summed E-state index contributed by atoms with van der Waals surface area (Å²) in [6.07, 6.45) is -0.967. The van der Waals surface area contributed by atoms with Gasteiger partial charge < -0.3 is 30.5 Å². The van der Waals surface area contributed by atoms with Crippen molar-refractivity contribution >= 4 is 11.7 Å². The number of ether oxygens (including phenoxy) is 2. The SMILES string of the molecule is C/C(=C\C(=O)N/N=C(\N)c1ccccc1)C[C@@H]1OC[C@H](C[C@@H]2O[C@H]2[C@@H](C)[C@H](C)O)[C@@H](O)[C@H]1O. The van der Waals surface area contributed by atoms with Gasteiger partial charge in [0.2, 0.25) is 0 Å². The van der Waals surface area contributed by atoms with Gasteiger partial charge in [-0.25, -0.2) is 5.43 Å². The minimum atomic E-state index is -1.08. The highest BCUT2D eigenvalue weighted by molar-refractivity contribution is 5.98. The van der Waals surface area contributed by atoms with Gasteiger partial charge in [0.25, 0.3) is 5.91 Å². The van der Waals surface area contributed by atoms with Gasteiger partial charge in [-0.2, -0.15) is 5.10 Å². The van der Waals surface area contributed by atoms with E-state index < -0.39 is 30.3 Å². The fourth-order valence-electron chi connectivity index (χ4n) is 4.13. The number of nitrogens with zero attached hydrogens (tertiary/aromatic N) is 1. The third-order valence-electron chi connectivity index (χ3n) is 6.43. The first-order chi connectivity index (χ1) is 15.7. The number of nitrogens with one attached hydrogen (secondary N) is 1. The van der Waals surface area contributed by atoms with Crippen molar-refractivity contribution < 1.29 is 29.6 Å². The number of amidine groups is 1. The average molecular weight is 462 g/mol. The zero-order valence-corrected chi connectivity index (χ0v) is 19.3. The zero-order chi connectivity index (χ0) is 24.1. The lowest BCUT2D eigenvalue weighted by Crippen LogP contribution is -2.50. The highest BCUT2D eigenvalue weighted by Crippen LogP contribution is 2.38. The Labute approximate surface area is 194 Å². The molecule has 2 aliphatic rings. The molecule has 2 heterocycles. The molecule has 9 heteroatoms. The molecule has 0 spiro atoms. The van der Waals surface area contributed by atoms with E-state index in [0.717, 1.165) is 0 Å². The number of nitrogens with two attached hydrogens (primary N) is 1. The van der Waals surface area contributed by atoms with Crippen molar-refractivity contribution in [1.29, 1.82) is 0 Å². The van der Waals surface area contributed by atoms with Crippen LogP contribution < -0.4 is 11.2 Å². The number of rotatable bonds is 9. The van der Waals surface area contributed by atoms with Crippen LogP contribution >= 0.6 is 0 Å². The van der Waals surface area contributed by atoms with Gasteiger partial charge >= 0.3 is 0 Å². The standard InChI is InChI=1S/C24H35N3O6/c1-13(10-20(29)26-27-24(25)16-7-5-4-6-8-16)9-18-22(31)21(30)17(12-32-18)11-19-23(33-19)14(2)15(3)28/h4-8,10,14-15,17-19,21-23,28,30-31H,9,11-12H2,1-3H3,(H2,25,27)(H,26,29)/b13-10+/t14-,15-,17-,18-,19-,21+,22-,23-/m0/s1. The maximum atomic E-state index is 12.2. The Morgan fingerprint density at radius 3 is 2.61 bits per heavy atom. The molecule has 2 saturated heterocycles.